The third kappa shape index (κ3) is 5.20. The summed E-state index contributed by atoms with van der Waals surface area (Å²) >= 11 is 6.85. The molecule has 8 heteroatoms. The Kier molecular flexibility index (Phi) is 6.92. The highest BCUT2D eigenvalue weighted by molar-refractivity contribution is 9.11. The molecule has 3 aromatic carbocycles. The van der Waals surface area contributed by atoms with Crippen molar-refractivity contribution in [3.63, 3.8) is 0 Å². The molecule has 32 heavy (non-hydrogen) atoms. The van der Waals surface area contributed by atoms with Crippen LogP contribution in [-0.4, -0.2) is 19.2 Å². The topological polar surface area (TPSA) is 73.1 Å². The smallest absolute Gasteiger partial charge is 0.307 e. The van der Waals surface area contributed by atoms with Crippen molar-refractivity contribution in [3.05, 3.63) is 92.6 Å². The molecule has 1 N–H and O–H groups in total. The Morgan fingerprint density at radius 3 is 2.66 bits per heavy atom. The zero-order valence-electron chi connectivity index (χ0n) is 17.0. The maximum Gasteiger partial charge on any atom is 0.307 e. The van der Waals surface area contributed by atoms with Gasteiger partial charge in [-0.15, -0.1) is 0 Å². The molecule has 4 rings (SSSR count). The number of amides is 1. The average Bonchev–Trinajstić information content (AvgIpc) is 3.23. The number of rotatable bonds is 7. The Balaban J connectivity index is 1.44. The number of furan rings is 1. The van der Waals surface area contributed by atoms with Gasteiger partial charge >= 0.3 is 5.91 Å². The second-order valence-corrected chi connectivity index (χ2v) is 8.57. The molecular weight excluding hydrogens is 540 g/mol. The Morgan fingerprint density at radius 1 is 1.06 bits per heavy atom. The highest BCUT2D eigenvalue weighted by Crippen LogP contribution is 2.31. The van der Waals surface area contributed by atoms with Gasteiger partial charge in [-0.1, -0.05) is 46.3 Å². The second kappa shape index (κ2) is 10.0. The number of nitrogens with zero attached hydrogens (tertiary/aromatic N) is 1. The van der Waals surface area contributed by atoms with Crippen LogP contribution < -0.4 is 14.9 Å². The van der Waals surface area contributed by atoms with Gasteiger partial charge in [0, 0.05) is 9.86 Å². The molecule has 1 aromatic heterocycles. The third-order valence-corrected chi connectivity index (χ3v) is 5.61. The summed E-state index contributed by atoms with van der Waals surface area (Å²) in [4.78, 5) is 12.4. The molecule has 0 radical (unpaired) electrons. The summed E-state index contributed by atoms with van der Waals surface area (Å²) in [6.45, 7) is 0.409. The van der Waals surface area contributed by atoms with Crippen LogP contribution >= 0.6 is 31.9 Å². The Morgan fingerprint density at radius 2 is 1.88 bits per heavy atom. The zero-order valence-corrected chi connectivity index (χ0v) is 20.1. The van der Waals surface area contributed by atoms with E-state index in [0.29, 0.717) is 23.7 Å². The predicted octanol–water partition coefficient (Wildman–Crippen LogP) is 6.31. The Hall–Kier alpha value is -3.10. The highest BCUT2D eigenvalue weighted by Gasteiger charge is 2.14. The van der Waals surface area contributed by atoms with Gasteiger partial charge in [0.1, 0.15) is 12.2 Å². The van der Waals surface area contributed by atoms with Crippen molar-refractivity contribution in [3.8, 4) is 11.5 Å². The molecular formula is C24H18Br2N2O4. The third-order valence-electron chi connectivity index (χ3n) is 4.56. The lowest BCUT2D eigenvalue weighted by Gasteiger charge is -2.11. The van der Waals surface area contributed by atoms with Crippen LogP contribution in [0.3, 0.4) is 0 Å². The summed E-state index contributed by atoms with van der Waals surface area (Å²) < 4.78 is 18.6. The van der Waals surface area contributed by atoms with Crippen LogP contribution in [-0.2, 0) is 6.61 Å². The number of carbonyl (C=O) groups is 1. The molecule has 0 unspecified atom stereocenters. The fourth-order valence-corrected chi connectivity index (χ4v) is 4.37. The first kappa shape index (κ1) is 22.1. The molecule has 1 amide bonds. The van der Waals surface area contributed by atoms with Crippen molar-refractivity contribution in [1.29, 1.82) is 0 Å². The largest absolute Gasteiger partial charge is 0.493 e. The second-order valence-electron chi connectivity index (χ2n) is 6.80. The van der Waals surface area contributed by atoms with Crippen LogP contribution in [0.4, 0.5) is 0 Å². The number of halogens is 2. The van der Waals surface area contributed by atoms with Gasteiger partial charge in [0.05, 0.1) is 17.8 Å². The number of hydrazone groups is 1. The van der Waals surface area contributed by atoms with Gasteiger partial charge in [-0.25, -0.2) is 5.43 Å². The van der Waals surface area contributed by atoms with Crippen LogP contribution in [0.15, 0.2) is 85.2 Å². The first-order valence-electron chi connectivity index (χ1n) is 9.60. The summed E-state index contributed by atoms with van der Waals surface area (Å²) in [5, 5.41) is 4.84. The van der Waals surface area contributed by atoms with E-state index < -0.39 is 5.91 Å². The van der Waals surface area contributed by atoms with Gasteiger partial charge < -0.3 is 13.9 Å². The normalized spacial score (nSPS) is 11.1. The molecule has 1 heterocycles. The summed E-state index contributed by atoms with van der Waals surface area (Å²) in [7, 11) is 1.59. The van der Waals surface area contributed by atoms with Gasteiger partial charge in [-0.3, -0.25) is 4.79 Å². The average molecular weight is 558 g/mol. The van der Waals surface area contributed by atoms with Gasteiger partial charge in [-0.2, -0.15) is 5.10 Å². The van der Waals surface area contributed by atoms with Crippen molar-refractivity contribution in [1.82, 2.24) is 5.43 Å². The lowest BCUT2D eigenvalue weighted by molar-refractivity contribution is 0.0929. The van der Waals surface area contributed by atoms with Crippen LogP contribution in [0.5, 0.6) is 11.5 Å². The number of nitrogens with one attached hydrogen (secondary N) is 1. The molecule has 6 nitrogen and oxygen atoms in total. The van der Waals surface area contributed by atoms with Gasteiger partial charge in [-0.05, 0) is 63.5 Å². The molecule has 0 spiro atoms. The first-order chi connectivity index (χ1) is 15.5. The SMILES string of the molecule is COc1ccc(/C=N\NC(=O)c2cc3cc(Br)cc(Br)c3o2)cc1OCc1ccccc1. The molecule has 0 saturated heterocycles. The van der Waals surface area contributed by atoms with Crippen LogP contribution in [0.25, 0.3) is 11.0 Å². The molecule has 0 saturated carbocycles. The molecule has 0 aliphatic heterocycles. The van der Waals surface area contributed by atoms with Crippen molar-refractivity contribution in [2.75, 3.05) is 7.11 Å². The van der Waals surface area contributed by atoms with Crippen molar-refractivity contribution >= 4 is 55.0 Å². The number of hydrogen-bond donors (Lipinski definition) is 1. The summed E-state index contributed by atoms with van der Waals surface area (Å²) in [6, 6.07) is 20.7. The number of benzene rings is 3. The number of carbonyl (C=O) groups excluding carboxylic acids is 1. The van der Waals surface area contributed by atoms with Crippen LogP contribution in [0.2, 0.25) is 0 Å². The molecule has 0 bridgehead atoms. The van der Waals surface area contributed by atoms with Crippen molar-refractivity contribution in [2.45, 2.75) is 6.61 Å². The number of hydrogen-bond acceptors (Lipinski definition) is 5. The van der Waals surface area contributed by atoms with E-state index in [2.05, 4.69) is 42.4 Å². The van der Waals surface area contributed by atoms with E-state index in [4.69, 9.17) is 13.9 Å². The highest BCUT2D eigenvalue weighted by atomic mass is 79.9. The van der Waals surface area contributed by atoms with Crippen molar-refractivity contribution in [2.24, 2.45) is 5.10 Å². The first-order valence-corrected chi connectivity index (χ1v) is 11.2. The summed E-state index contributed by atoms with van der Waals surface area (Å²) in [6.07, 6.45) is 1.53. The maximum absolute atomic E-state index is 12.4. The van der Waals surface area contributed by atoms with Gasteiger partial charge in [0.2, 0.25) is 0 Å². The van der Waals surface area contributed by atoms with Crippen molar-refractivity contribution < 1.29 is 18.7 Å². The van der Waals surface area contributed by atoms with E-state index in [1.807, 2.05) is 48.5 Å². The molecule has 4 aromatic rings. The lowest BCUT2D eigenvalue weighted by Crippen LogP contribution is -2.16. The quantitative estimate of drug-likeness (QED) is 0.213. The van der Waals surface area contributed by atoms with E-state index >= 15 is 0 Å². The maximum atomic E-state index is 12.4. The minimum Gasteiger partial charge on any atom is -0.493 e. The summed E-state index contributed by atoms with van der Waals surface area (Å²) in [5.74, 6) is 0.910. The van der Waals surface area contributed by atoms with E-state index in [-0.39, 0.29) is 5.76 Å². The fourth-order valence-electron chi connectivity index (χ4n) is 3.03. The molecule has 162 valence electrons. The van der Waals surface area contributed by atoms with Crippen LogP contribution in [0.1, 0.15) is 21.7 Å². The Labute approximate surface area is 201 Å². The summed E-state index contributed by atoms with van der Waals surface area (Å²) in [5.41, 5.74) is 4.87. The fraction of sp³-hybridized carbons (Fsp3) is 0.0833. The van der Waals surface area contributed by atoms with E-state index in [0.717, 1.165) is 25.5 Å². The van der Waals surface area contributed by atoms with E-state index in [9.17, 15) is 4.79 Å². The number of methoxy groups -OCH3 is 1. The zero-order chi connectivity index (χ0) is 22.5. The lowest BCUT2D eigenvalue weighted by atomic mass is 10.2. The minimum absolute atomic E-state index is 0.164. The van der Waals surface area contributed by atoms with E-state index in [1.54, 1.807) is 25.3 Å². The molecule has 0 aliphatic rings. The van der Waals surface area contributed by atoms with Gasteiger partial charge in [0.15, 0.2) is 17.3 Å². The van der Waals surface area contributed by atoms with Crippen LogP contribution in [0, 0.1) is 0 Å². The van der Waals surface area contributed by atoms with E-state index in [1.165, 1.54) is 6.21 Å². The number of ether oxygens (including phenoxy) is 2. The molecule has 0 fully saturated rings. The minimum atomic E-state index is -0.450. The monoisotopic (exact) mass is 556 g/mol. The predicted molar refractivity (Wildman–Crippen MR) is 130 cm³/mol. The Bertz CT molecular complexity index is 1290. The molecule has 0 atom stereocenters. The van der Waals surface area contributed by atoms with Gasteiger partial charge in [0.25, 0.3) is 0 Å². The number of fused-ring (bicyclic) bond motifs is 1. The standard InChI is InChI=1S/C24H18Br2N2O4/c1-30-20-8-7-16(9-21(20)31-14-15-5-3-2-4-6-15)13-27-28-24(29)22-11-17-10-18(25)12-19(26)23(17)32-22/h2-13H,14H2,1H3,(H,28,29)/b27-13-. The molecule has 0 aliphatic carbocycles.